The van der Waals surface area contributed by atoms with Crippen LogP contribution in [0.4, 0.5) is 23.5 Å². The van der Waals surface area contributed by atoms with Crippen LogP contribution in [-0.4, -0.2) is 36.3 Å². The molecule has 4 heterocycles. The second kappa shape index (κ2) is 6.96. The van der Waals surface area contributed by atoms with E-state index >= 15 is 0 Å². The third-order valence-corrected chi connectivity index (χ3v) is 5.55. The fourth-order valence-corrected chi connectivity index (χ4v) is 3.90. The van der Waals surface area contributed by atoms with Gasteiger partial charge in [0.05, 0.1) is 6.20 Å². The number of aromatic nitrogens is 5. The van der Waals surface area contributed by atoms with Gasteiger partial charge in [-0.3, -0.25) is 4.40 Å². The van der Waals surface area contributed by atoms with Gasteiger partial charge in [0.25, 0.3) is 6.43 Å². The number of nitrogens with one attached hydrogen (secondary N) is 2. The van der Waals surface area contributed by atoms with Crippen LogP contribution >= 0.6 is 0 Å². The zero-order chi connectivity index (χ0) is 20.9. The summed E-state index contributed by atoms with van der Waals surface area (Å²) in [5.74, 6) is -2.21. The average molecular weight is 418 g/mol. The lowest BCUT2D eigenvalue weighted by Crippen LogP contribution is -2.32. The van der Waals surface area contributed by atoms with Gasteiger partial charge < -0.3 is 10.3 Å². The molecule has 0 bridgehead atoms. The minimum absolute atomic E-state index is 0.0899. The van der Waals surface area contributed by atoms with Crippen LogP contribution in [0.1, 0.15) is 37.8 Å². The molecule has 2 N–H and O–H groups in total. The number of anilines is 1. The smallest absolute Gasteiger partial charge is 0.280 e. The van der Waals surface area contributed by atoms with E-state index in [9.17, 15) is 17.6 Å². The van der Waals surface area contributed by atoms with Gasteiger partial charge in [-0.1, -0.05) is 0 Å². The highest BCUT2D eigenvalue weighted by Gasteiger charge is 2.35. The molecule has 30 heavy (non-hydrogen) atoms. The van der Waals surface area contributed by atoms with Crippen LogP contribution in [0.2, 0.25) is 0 Å². The Morgan fingerprint density at radius 3 is 2.70 bits per heavy atom. The third-order valence-electron chi connectivity index (χ3n) is 5.55. The van der Waals surface area contributed by atoms with Crippen molar-refractivity contribution in [3.8, 4) is 11.1 Å². The molecular weight excluding hydrogens is 400 g/mol. The maximum atomic E-state index is 13.3. The van der Waals surface area contributed by atoms with Crippen LogP contribution in [0, 0.1) is 0 Å². The van der Waals surface area contributed by atoms with Gasteiger partial charge in [0.15, 0.2) is 0 Å². The first kappa shape index (κ1) is 18.8. The predicted octanol–water partition coefficient (Wildman–Crippen LogP) is 5.20. The lowest BCUT2D eigenvalue weighted by atomic mass is 9.92. The van der Waals surface area contributed by atoms with Gasteiger partial charge in [0.1, 0.15) is 17.0 Å². The fraction of sp³-hybridized carbons (Fsp3) is 0.350. The van der Waals surface area contributed by atoms with E-state index in [0.717, 1.165) is 10.9 Å². The Hall–Kier alpha value is -3.17. The number of H-pyrrole nitrogens is 1. The van der Waals surface area contributed by atoms with E-state index in [2.05, 4.69) is 25.3 Å². The molecule has 6 nitrogen and oxygen atoms in total. The largest absolute Gasteiger partial charge is 0.351 e. The van der Waals surface area contributed by atoms with Gasteiger partial charge in [-0.25, -0.2) is 27.5 Å². The summed E-state index contributed by atoms with van der Waals surface area (Å²) in [6.45, 7) is 0. The Balaban J connectivity index is 1.43. The molecule has 4 aromatic rings. The molecule has 1 aliphatic carbocycles. The highest BCUT2D eigenvalue weighted by Crippen LogP contribution is 2.34. The van der Waals surface area contributed by atoms with Crippen molar-refractivity contribution >= 4 is 22.6 Å². The van der Waals surface area contributed by atoms with Crippen LogP contribution in [0.15, 0.2) is 36.9 Å². The number of hydrogen-bond donors (Lipinski definition) is 2. The molecule has 1 saturated carbocycles. The molecule has 1 aliphatic rings. The molecule has 0 spiro atoms. The normalized spacial score (nSPS) is 17.2. The summed E-state index contributed by atoms with van der Waals surface area (Å²) in [7, 11) is 0. The number of hydrogen-bond acceptors (Lipinski definition) is 4. The van der Waals surface area contributed by atoms with Gasteiger partial charge in [-0.15, -0.1) is 0 Å². The molecule has 0 radical (unpaired) electrons. The first-order valence-electron chi connectivity index (χ1n) is 9.64. The zero-order valence-corrected chi connectivity index (χ0v) is 15.7. The van der Waals surface area contributed by atoms with E-state index in [1.165, 1.54) is 10.6 Å². The minimum Gasteiger partial charge on any atom is -0.351 e. The van der Waals surface area contributed by atoms with Crippen molar-refractivity contribution in [2.24, 2.45) is 0 Å². The number of rotatable bonds is 4. The highest BCUT2D eigenvalue weighted by atomic mass is 19.3. The van der Waals surface area contributed by atoms with Gasteiger partial charge >= 0.3 is 0 Å². The number of pyridine rings is 1. The molecule has 0 saturated heterocycles. The molecule has 10 heteroatoms. The van der Waals surface area contributed by atoms with Crippen molar-refractivity contribution in [2.45, 2.75) is 44.1 Å². The molecule has 0 amide bonds. The lowest BCUT2D eigenvalue weighted by molar-refractivity contribution is -0.0361. The van der Waals surface area contributed by atoms with Crippen LogP contribution in [0.5, 0.6) is 0 Å². The van der Waals surface area contributed by atoms with E-state index in [4.69, 9.17) is 0 Å². The summed E-state index contributed by atoms with van der Waals surface area (Å²) in [6, 6.07) is 3.39. The van der Waals surface area contributed by atoms with Crippen molar-refractivity contribution < 1.29 is 17.6 Å². The van der Waals surface area contributed by atoms with Gasteiger partial charge in [0, 0.05) is 54.0 Å². The molecular formula is C20H18F4N6. The average Bonchev–Trinajstić information content (AvgIpc) is 3.33. The minimum atomic E-state index is -2.63. The van der Waals surface area contributed by atoms with Gasteiger partial charge in [-0.05, 0) is 25.0 Å². The van der Waals surface area contributed by atoms with Crippen LogP contribution in [0.25, 0.3) is 27.8 Å². The monoisotopic (exact) mass is 418 g/mol. The first-order valence-corrected chi connectivity index (χ1v) is 9.64. The number of imidazole rings is 1. The molecule has 0 unspecified atom stereocenters. The van der Waals surface area contributed by atoms with Crippen molar-refractivity contribution in [3.05, 3.63) is 42.6 Å². The topological polar surface area (TPSA) is 70.9 Å². The maximum absolute atomic E-state index is 13.3. The maximum Gasteiger partial charge on any atom is 0.280 e. The number of fused-ring (bicyclic) bond motifs is 2. The summed E-state index contributed by atoms with van der Waals surface area (Å²) in [5, 5.41) is 3.86. The summed E-state index contributed by atoms with van der Waals surface area (Å²) in [4.78, 5) is 15.8. The molecule has 5 rings (SSSR count). The molecule has 0 aliphatic heterocycles. The number of nitrogens with zero attached hydrogens (tertiary/aromatic N) is 4. The molecule has 4 aromatic heterocycles. The van der Waals surface area contributed by atoms with E-state index in [1.807, 2.05) is 0 Å². The Kier molecular flexibility index (Phi) is 4.37. The number of aromatic amines is 1. The Bertz CT molecular complexity index is 1200. The Morgan fingerprint density at radius 2 is 1.93 bits per heavy atom. The van der Waals surface area contributed by atoms with Crippen LogP contribution in [-0.2, 0) is 0 Å². The van der Waals surface area contributed by atoms with Gasteiger partial charge in [-0.2, -0.15) is 4.98 Å². The summed E-state index contributed by atoms with van der Waals surface area (Å²) >= 11 is 0. The Morgan fingerprint density at radius 1 is 1.13 bits per heavy atom. The first-order chi connectivity index (χ1) is 14.4. The second-order valence-corrected chi connectivity index (χ2v) is 7.56. The summed E-state index contributed by atoms with van der Waals surface area (Å²) in [6.07, 6.45) is 3.97. The van der Waals surface area contributed by atoms with E-state index in [-0.39, 0.29) is 24.6 Å². The molecule has 0 aromatic carbocycles. The lowest BCUT2D eigenvalue weighted by Gasteiger charge is -2.28. The van der Waals surface area contributed by atoms with Crippen LogP contribution < -0.4 is 5.32 Å². The van der Waals surface area contributed by atoms with Crippen molar-refractivity contribution in [1.82, 2.24) is 24.3 Å². The third kappa shape index (κ3) is 3.35. The SMILES string of the molecule is FC(F)c1cnc2ccc(-c3c[nH]c4nc(NC5CCC(F)(F)CC5)ncc34)cn12. The molecule has 1 fully saturated rings. The summed E-state index contributed by atoms with van der Waals surface area (Å²) in [5.41, 5.74) is 2.32. The predicted molar refractivity (Wildman–Crippen MR) is 104 cm³/mol. The van der Waals surface area contributed by atoms with E-state index < -0.39 is 12.3 Å². The zero-order valence-electron chi connectivity index (χ0n) is 15.7. The van der Waals surface area contributed by atoms with E-state index in [0.29, 0.717) is 35.6 Å². The standard InChI is InChI=1S/C20H18F4N6/c21-17(22)15-9-25-16-2-1-11(10-30(15)16)13-7-26-18-14(13)8-27-19(29-18)28-12-3-5-20(23,24)6-4-12/h1-2,7-10,12,17H,3-6H2,(H2,26,27,28,29). The van der Waals surface area contributed by atoms with Crippen molar-refractivity contribution in [2.75, 3.05) is 5.32 Å². The number of halogens is 4. The number of alkyl halides is 4. The molecule has 0 atom stereocenters. The van der Waals surface area contributed by atoms with Gasteiger partial charge in [0.2, 0.25) is 11.9 Å². The molecule has 156 valence electrons. The highest BCUT2D eigenvalue weighted by molar-refractivity contribution is 5.93. The Labute approximate surface area is 168 Å². The van der Waals surface area contributed by atoms with Crippen LogP contribution in [0.3, 0.4) is 0 Å². The van der Waals surface area contributed by atoms with Crippen molar-refractivity contribution in [3.63, 3.8) is 0 Å². The second-order valence-electron chi connectivity index (χ2n) is 7.56. The van der Waals surface area contributed by atoms with E-state index in [1.54, 1.807) is 30.7 Å². The van der Waals surface area contributed by atoms with Crippen molar-refractivity contribution in [1.29, 1.82) is 0 Å². The fourth-order valence-electron chi connectivity index (χ4n) is 3.90. The summed E-state index contributed by atoms with van der Waals surface area (Å²) < 4.78 is 54.4. The quantitative estimate of drug-likeness (QED) is 0.447.